The third-order valence-corrected chi connectivity index (χ3v) is 3.96. The predicted octanol–water partition coefficient (Wildman–Crippen LogP) is 3.65. The second-order valence-electron chi connectivity index (χ2n) is 5.04. The van der Waals surface area contributed by atoms with Gasteiger partial charge in [0.15, 0.2) is 0 Å². The Bertz CT molecular complexity index is 764. The Kier molecular flexibility index (Phi) is 3.94. The van der Waals surface area contributed by atoms with Gasteiger partial charge in [0.1, 0.15) is 5.82 Å². The SMILES string of the molecule is O=C1C[C@H](C(=O)Nc2cccc(Br)c2)c2ccc(F)cc2N1. The van der Waals surface area contributed by atoms with Crippen molar-refractivity contribution in [2.24, 2.45) is 0 Å². The van der Waals surface area contributed by atoms with Crippen LogP contribution in [0.5, 0.6) is 0 Å². The first kappa shape index (κ1) is 14.7. The maximum Gasteiger partial charge on any atom is 0.232 e. The molecule has 1 atom stereocenters. The molecule has 0 spiro atoms. The van der Waals surface area contributed by atoms with Crippen molar-refractivity contribution in [3.63, 3.8) is 0 Å². The lowest BCUT2D eigenvalue weighted by molar-refractivity contribution is -0.123. The molecule has 0 radical (unpaired) electrons. The lowest BCUT2D eigenvalue weighted by Gasteiger charge is -2.24. The Morgan fingerprint density at radius 1 is 1.27 bits per heavy atom. The summed E-state index contributed by atoms with van der Waals surface area (Å²) in [6.45, 7) is 0. The summed E-state index contributed by atoms with van der Waals surface area (Å²) in [5.41, 5.74) is 1.60. The summed E-state index contributed by atoms with van der Waals surface area (Å²) in [6, 6.07) is 11.2. The number of carbonyl (C=O) groups is 2. The van der Waals surface area contributed by atoms with Crippen LogP contribution in [0.15, 0.2) is 46.9 Å². The minimum atomic E-state index is -0.636. The Morgan fingerprint density at radius 3 is 2.86 bits per heavy atom. The molecule has 6 heteroatoms. The van der Waals surface area contributed by atoms with E-state index in [1.54, 1.807) is 18.2 Å². The molecule has 0 saturated carbocycles. The van der Waals surface area contributed by atoms with Crippen LogP contribution in [0.2, 0.25) is 0 Å². The van der Waals surface area contributed by atoms with Crippen molar-refractivity contribution in [1.82, 2.24) is 0 Å². The number of hydrogen-bond acceptors (Lipinski definition) is 2. The van der Waals surface area contributed by atoms with E-state index in [1.807, 2.05) is 6.07 Å². The van der Waals surface area contributed by atoms with E-state index >= 15 is 0 Å². The molecular formula is C16H12BrFN2O2. The van der Waals surface area contributed by atoms with Gasteiger partial charge in [-0.15, -0.1) is 0 Å². The highest BCUT2D eigenvalue weighted by Crippen LogP contribution is 2.33. The molecule has 22 heavy (non-hydrogen) atoms. The molecule has 2 N–H and O–H groups in total. The molecule has 2 amide bonds. The average molecular weight is 363 g/mol. The van der Waals surface area contributed by atoms with E-state index in [-0.39, 0.29) is 18.2 Å². The summed E-state index contributed by atoms with van der Waals surface area (Å²) in [4.78, 5) is 24.2. The number of hydrogen-bond donors (Lipinski definition) is 2. The lowest BCUT2D eigenvalue weighted by atomic mass is 9.89. The maximum absolute atomic E-state index is 13.3. The molecule has 2 aromatic carbocycles. The van der Waals surface area contributed by atoms with Crippen LogP contribution >= 0.6 is 15.9 Å². The molecule has 1 aliphatic rings. The lowest BCUT2D eigenvalue weighted by Crippen LogP contribution is -2.30. The Hall–Kier alpha value is -2.21. The highest BCUT2D eigenvalue weighted by atomic mass is 79.9. The molecule has 4 nitrogen and oxygen atoms in total. The Morgan fingerprint density at radius 2 is 2.09 bits per heavy atom. The van der Waals surface area contributed by atoms with Crippen molar-refractivity contribution in [1.29, 1.82) is 0 Å². The number of fused-ring (bicyclic) bond motifs is 1. The Balaban J connectivity index is 1.88. The van der Waals surface area contributed by atoms with Crippen molar-refractivity contribution < 1.29 is 14.0 Å². The molecule has 0 aromatic heterocycles. The van der Waals surface area contributed by atoms with Gasteiger partial charge in [0, 0.05) is 22.3 Å². The zero-order valence-electron chi connectivity index (χ0n) is 11.4. The molecule has 2 aromatic rings. The number of rotatable bonds is 2. The first-order chi connectivity index (χ1) is 10.5. The largest absolute Gasteiger partial charge is 0.326 e. The molecule has 0 fully saturated rings. The number of halogens is 2. The van der Waals surface area contributed by atoms with E-state index in [1.165, 1.54) is 18.2 Å². The van der Waals surface area contributed by atoms with Crippen LogP contribution in [-0.4, -0.2) is 11.8 Å². The first-order valence-corrected chi connectivity index (χ1v) is 7.48. The summed E-state index contributed by atoms with van der Waals surface area (Å²) in [5.74, 6) is -1.68. The standard InChI is InChI=1S/C16H12BrFN2O2/c17-9-2-1-3-11(6-9)19-16(22)13-8-15(21)20-14-7-10(18)4-5-12(13)14/h1-7,13H,8H2,(H,19,22)(H,20,21)/t13-/m0/s1. The second kappa shape index (κ2) is 5.88. The summed E-state index contributed by atoms with van der Waals surface area (Å²) < 4.78 is 14.1. The monoisotopic (exact) mass is 362 g/mol. The number of benzene rings is 2. The van der Waals surface area contributed by atoms with Gasteiger partial charge in [0.2, 0.25) is 11.8 Å². The smallest absolute Gasteiger partial charge is 0.232 e. The van der Waals surface area contributed by atoms with Crippen LogP contribution in [0.25, 0.3) is 0 Å². The van der Waals surface area contributed by atoms with Crippen molar-refractivity contribution in [2.45, 2.75) is 12.3 Å². The molecule has 0 saturated heterocycles. The molecule has 0 unspecified atom stereocenters. The van der Waals surface area contributed by atoms with Crippen molar-refractivity contribution in [3.8, 4) is 0 Å². The fourth-order valence-electron chi connectivity index (χ4n) is 2.47. The topological polar surface area (TPSA) is 58.2 Å². The van der Waals surface area contributed by atoms with E-state index in [2.05, 4.69) is 26.6 Å². The van der Waals surface area contributed by atoms with Crippen LogP contribution in [0.3, 0.4) is 0 Å². The molecule has 1 aliphatic heterocycles. The van der Waals surface area contributed by atoms with Gasteiger partial charge >= 0.3 is 0 Å². The first-order valence-electron chi connectivity index (χ1n) is 6.68. The molecule has 112 valence electrons. The van der Waals surface area contributed by atoms with Crippen LogP contribution < -0.4 is 10.6 Å². The number of amides is 2. The third kappa shape index (κ3) is 3.01. The summed E-state index contributed by atoms with van der Waals surface area (Å²) in [7, 11) is 0. The zero-order valence-corrected chi connectivity index (χ0v) is 13.0. The second-order valence-corrected chi connectivity index (χ2v) is 5.95. The Labute approximate surface area is 134 Å². The summed E-state index contributed by atoms with van der Waals surface area (Å²) >= 11 is 3.33. The fourth-order valence-corrected chi connectivity index (χ4v) is 2.87. The minimum Gasteiger partial charge on any atom is -0.326 e. The van der Waals surface area contributed by atoms with E-state index in [0.717, 1.165) is 4.47 Å². The predicted molar refractivity (Wildman–Crippen MR) is 85.2 cm³/mol. The number of carbonyl (C=O) groups excluding carboxylic acids is 2. The quantitative estimate of drug-likeness (QED) is 0.856. The average Bonchev–Trinajstić information content (AvgIpc) is 2.45. The van der Waals surface area contributed by atoms with Crippen molar-refractivity contribution in [2.75, 3.05) is 10.6 Å². The van der Waals surface area contributed by atoms with E-state index < -0.39 is 11.7 Å². The van der Waals surface area contributed by atoms with E-state index in [4.69, 9.17) is 0 Å². The van der Waals surface area contributed by atoms with Crippen LogP contribution in [0.4, 0.5) is 15.8 Å². The van der Waals surface area contributed by atoms with Crippen LogP contribution in [-0.2, 0) is 9.59 Å². The highest BCUT2D eigenvalue weighted by Gasteiger charge is 2.30. The minimum absolute atomic E-state index is 0.0401. The molecule has 0 aliphatic carbocycles. The van der Waals surface area contributed by atoms with E-state index in [9.17, 15) is 14.0 Å². The van der Waals surface area contributed by atoms with Gasteiger partial charge in [-0.05, 0) is 35.9 Å². The van der Waals surface area contributed by atoms with Gasteiger partial charge < -0.3 is 10.6 Å². The van der Waals surface area contributed by atoms with Crippen molar-refractivity contribution in [3.05, 3.63) is 58.3 Å². The van der Waals surface area contributed by atoms with Gasteiger partial charge in [-0.1, -0.05) is 28.1 Å². The van der Waals surface area contributed by atoms with Gasteiger partial charge in [-0.3, -0.25) is 9.59 Å². The van der Waals surface area contributed by atoms with Gasteiger partial charge in [-0.2, -0.15) is 0 Å². The third-order valence-electron chi connectivity index (χ3n) is 3.46. The normalized spacial score (nSPS) is 16.6. The molecule has 0 bridgehead atoms. The zero-order chi connectivity index (χ0) is 15.7. The molecule has 3 rings (SSSR count). The van der Waals surface area contributed by atoms with Gasteiger partial charge in [0.05, 0.1) is 5.92 Å². The van der Waals surface area contributed by atoms with Gasteiger partial charge in [-0.25, -0.2) is 4.39 Å². The van der Waals surface area contributed by atoms with Gasteiger partial charge in [0.25, 0.3) is 0 Å². The van der Waals surface area contributed by atoms with Crippen LogP contribution in [0, 0.1) is 5.82 Å². The highest BCUT2D eigenvalue weighted by molar-refractivity contribution is 9.10. The van der Waals surface area contributed by atoms with Crippen molar-refractivity contribution >= 4 is 39.1 Å². The fraction of sp³-hybridized carbons (Fsp3) is 0.125. The number of anilines is 2. The molecule has 1 heterocycles. The van der Waals surface area contributed by atoms with Crippen LogP contribution in [0.1, 0.15) is 17.9 Å². The summed E-state index contributed by atoms with van der Waals surface area (Å²) in [6.07, 6.45) is 0.0401. The van der Waals surface area contributed by atoms with E-state index in [0.29, 0.717) is 16.9 Å². The summed E-state index contributed by atoms with van der Waals surface area (Å²) in [5, 5.41) is 5.38. The maximum atomic E-state index is 13.3. The molecular weight excluding hydrogens is 351 g/mol. The number of nitrogens with one attached hydrogen (secondary N) is 2.